The minimum atomic E-state index is -0.604. The average Bonchev–Trinajstić information content (AvgIpc) is 2.55. The Bertz CT molecular complexity index is 443. The van der Waals surface area contributed by atoms with Gasteiger partial charge in [-0.1, -0.05) is 0 Å². The van der Waals surface area contributed by atoms with Crippen molar-refractivity contribution in [2.75, 3.05) is 6.61 Å². The van der Waals surface area contributed by atoms with Gasteiger partial charge >= 0.3 is 0 Å². The van der Waals surface area contributed by atoms with E-state index in [1.165, 1.54) is 12.1 Å². The molecule has 4 nitrogen and oxygen atoms in total. The molecule has 2 atom stereocenters. The summed E-state index contributed by atoms with van der Waals surface area (Å²) in [5.74, 6) is 0.307. The van der Waals surface area contributed by atoms with Crippen LogP contribution in [-0.2, 0) is 11.2 Å². The Balaban J connectivity index is 2.08. The van der Waals surface area contributed by atoms with Gasteiger partial charge < -0.3 is 19.7 Å². The van der Waals surface area contributed by atoms with E-state index in [1.54, 1.807) is 0 Å². The van der Waals surface area contributed by atoms with E-state index in [0.29, 0.717) is 12.4 Å². The molecule has 2 N–H and O–H groups in total. The third-order valence-electron chi connectivity index (χ3n) is 3.53. The number of phenolic OH excluding ortho intramolecular Hbond substituents is 2. The molecule has 0 saturated carbocycles. The fourth-order valence-electron chi connectivity index (χ4n) is 2.56. The lowest BCUT2D eigenvalue weighted by molar-refractivity contribution is -0.165. The minimum Gasteiger partial charge on any atom is -0.508 e. The molecule has 2 aliphatic rings. The Morgan fingerprint density at radius 1 is 1.38 bits per heavy atom. The van der Waals surface area contributed by atoms with Crippen molar-refractivity contribution in [2.24, 2.45) is 5.92 Å². The lowest BCUT2D eigenvalue weighted by atomic mass is 9.88. The largest absolute Gasteiger partial charge is 0.508 e. The Morgan fingerprint density at radius 2 is 2.19 bits per heavy atom. The molecule has 0 radical (unpaired) electrons. The Morgan fingerprint density at radius 3 is 3.00 bits per heavy atom. The first-order chi connectivity index (χ1) is 7.58. The number of phenols is 2. The number of hydrogen-bond acceptors (Lipinski definition) is 4. The van der Waals surface area contributed by atoms with Gasteiger partial charge in [0.2, 0.25) is 5.79 Å². The van der Waals surface area contributed by atoms with E-state index in [2.05, 4.69) is 0 Å². The maximum Gasteiger partial charge on any atom is 0.210 e. The first-order valence-corrected chi connectivity index (χ1v) is 5.46. The summed E-state index contributed by atoms with van der Waals surface area (Å²) in [5.41, 5.74) is 0.769. The molecule has 0 aromatic heterocycles. The van der Waals surface area contributed by atoms with Crippen LogP contribution in [0.15, 0.2) is 12.1 Å². The fraction of sp³-hybridized carbons (Fsp3) is 0.500. The SMILES string of the molecule is C[C@]12OCC[C@H]1Cc1c(O)cc(O)cc1O2. The molecule has 2 heterocycles. The summed E-state index contributed by atoms with van der Waals surface area (Å²) in [6.07, 6.45) is 1.67. The van der Waals surface area contributed by atoms with Crippen LogP contribution in [0.5, 0.6) is 17.2 Å². The van der Waals surface area contributed by atoms with Crippen LogP contribution in [0, 0.1) is 5.92 Å². The molecule has 1 aromatic rings. The van der Waals surface area contributed by atoms with Crippen molar-refractivity contribution in [1.29, 1.82) is 0 Å². The summed E-state index contributed by atoms with van der Waals surface area (Å²) in [6.45, 7) is 2.59. The molecule has 16 heavy (non-hydrogen) atoms. The lowest BCUT2D eigenvalue weighted by Crippen LogP contribution is -2.42. The van der Waals surface area contributed by atoms with E-state index < -0.39 is 5.79 Å². The monoisotopic (exact) mass is 222 g/mol. The molecule has 0 amide bonds. The fourth-order valence-corrected chi connectivity index (χ4v) is 2.56. The third-order valence-corrected chi connectivity index (χ3v) is 3.53. The summed E-state index contributed by atoms with van der Waals surface area (Å²) in [5, 5.41) is 19.2. The molecule has 4 heteroatoms. The number of aromatic hydroxyl groups is 2. The van der Waals surface area contributed by atoms with Crippen LogP contribution in [0.1, 0.15) is 18.9 Å². The Labute approximate surface area is 93.4 Å². The predicted octanol–water partition coefficient (Wildman–Crippen LogP) is 1.79. The molecular weight excluding hydrogens is 208 g/mol. The maximum absolute atomic E-state index is 9.76. The van der Waals surface area contributed by atoms with E-state index in [1.807, 2.05) is 6.92 Å². The van der Waals surface area contributed by atoms with Gasteiger partial charge in [0, 0.05) is 30.5 Å². The molecule has 1 aromatic carbocycles. The molecular formula is C12H14O4. The van der Waals surface area contributed by atoms with Crippen LogP contribution in [0.25, 0.3) is 0 Å². The number of rotatable bonds is 0. The van der Waals surface area contributed by atoms with Gasteiger partial charge in [0.15, 0.2) is 0 Å². The van der Waals surface area contributed by atoms with Gasteiger partial charge in [-0.3, -0.25) is 0 Å². The Hall–Kier alpha value is -1.42. The smallest absolute Gasteiger partial charge is 0.210 e. The topological polar surface area (TPSA) is 58.9 Å². The van der Waals surface area contributed by atoms with Gasteiger partial charge in [-0.05, 0) is 12.8 Å². The van der Waals surface area contributed by atoms with Crippen LogP contribution in [0.2, 0.25) is 0 Å². The van der Waals surface area contributed by atoms with Gasteiger partial charge in [-0.15, -0.1) is 0 Å². The van der Waals surface area contributed by atoms with Gasteiger partial charge in [0.05, 0.1) is 6.61 Å². The van der Waals surface area contributed by atoms with Crippen LogP contribution >= 0.6 is 0 Å². The molecule has 0 spiro atoms. The van der Waals surface area contributed by atoms with Crippen LogP contribution < -0.4 is 4.74 Å². The highest BCUT2D eigenvalue weighted by Crippen LogP contribution is 2.46. The van der Waals surface area contributed by atoms with Crippen LogP contribution in [0.3, 0.4) is 0 Å². The van der Waals surface area contributed by atoms with Crippen molar-refractivity contribution in [1.82, 2.24) is 0 Å². The molecule has 3 rings (SSSR count). The third kappa shape index (κ3) is 1.26. The average molecular weight is 222 g/mol. The number of benzene rings is 1. The highest BCUT2D eigenvalue weighted by Gasteiger charge is 2.46. The zero-order valence-electron chi connectivity index (χ0n) is 9.06. The van der Waals surface area contributed by atoms with Crippen LogP contribution in [-0.4, -0.2) is 22.6 Å². The van der Waals surface area contributed by atoms with Crippen molar-refractivity contribution in [3.8, 4) is 17.2 Å². The molecule has 0 aliphatic carbocycles. The number of fused-ring (bicyclic) bond motifs is 2. The summed E-state index contributed by atoms with van der Waals surface area (Å²) >= 11 is 0. The molecule has 0 unspecified atom stereocenters. The van der Waals surface area contributed by atoms with E-state index in [-0.39, 0.29) is 17.4 Å². The zero-order chi connectivity index (χ0) is 11.3. The second-order valence-corrected chi connectivity index (χ2v) is 4.60. The second kappa shape index (κ2) is 3.04. The summed E-state index contributed by atoms with van der Waals surface area (Å²) in [7, 11) is 0. The van der Waals surface area contributed by atoms with E-state index >= 15 is 0 Å². The standard InChI is InChI=1S/C12H14O4/c1-12-7(2-3-15-12)4-9-10(14)5-8(13)6-11(9)16-12/h5-7,13-14H,2-4H2,1H3/t7-,12+/m0/s1. The highest BCUT2D eigenvalue weighted by atomic mass is 16.7. The van der Waals surface area contributed by atoms with Crippen molar-refractivity contribution < 1.29 is 19.7 Å². The molecule has 0 bridgehead atoms. The van der Waals surface area contributed by atoms with Gasteiger partial charge in [-0.25, -0.2) is 0 Å². The maximum atomic E-state index is 9.76. The van der Waals surface area contributed by atoms with Gasteiger partial charge in [0.1, 0.15) is 17.2 Å². The predicted molar refractivity (Wildman–Crippen MR) is 56.6 cm³/mol. The summed E-state index contributed by atoms with van der Waals surface area (Å²) in [4.78, 5) is 0. The Kier molecular flexibility index (Phi) is 1.86. The molecule has 86 valence electrons. The summed E-state index contributed by atoms with van der Waals surface area (Å²) in [6, 6.07) is 2.87. The van der Waals surface area contributed by atoms with Crippen LogP contribution in [0.4, 0.5) is 0 Å². The number of ether oxygens (including phenoxy) is 2. The number of hydrogen-bond donors (Lipinski definition) is 2. The van der Waals surface area contributed by atoms with Crippen molar-refractivity contribution in [3.05, 3.63) is 17.7 Å². The van der Waals surface area contributed by atoms with Crippen molar-refractivity contribution in [2.45, 2.75) is 25.6 Å². The van der Waals surface area contributed by atoms with Gasteiger partial charge in [0.25, 0.3) is 0 Å². The minimum absolute atomic E-state index is 0.0105. The van der Waals surface area contributed by atoms with Gasteiger partial charge in [-0.2, -0.15) is 0 Å². The van der Waals surface area contributed by atoms with Crippen molar-refractivity contribution >= 4 is 0 Å². The second-order valence-electron chi connectivity index (χ2n) is 4.60. The normalized spacial score (nSPS) is 31.7. The van der Waals surface area contributed by atoms with Crippen molar-refractivity contribution in [3.63, 3.8) is 0 Å². The van der Waals surface area contributed by atoms with E-state index in [4.69, 9.17) is 9.47 Å². The molecule has 1 saturated heterocycles. The summed E-state index contributed by atoms with van der Waals surface area (Å²) < 4.78 is 11.4. The molecule has 1 fully saturated rings. The molecule has 2 aliphatic heterocycles. The quantitative estimate of drug-likeness (QED) is 0.702. The zero-order valence-corrected chi connectivity index (χ0v) is 9.06. The van der Waals surface area contributed by atoms with E-state index in [9.17, 15) is 10.2 Å². The first kappa shape index (κ1) is 9.78. The lowest BCUT2D eigenvalue weighted by Gasteiger charge is -2.36. The first-order valence-electron chi connectivity index (χ1n) is 5.46. The highest BCUT2D eigenvalue weighted by molar-refractivity contribution is 5.51. The van der Waals surface area contributed by atoms with E-state index in [0.717, 1.165) is 18.4 Å².